The molecule has 3 aromatic rings. The highest BCUT2D eigenvalue weighted by Gasteiger charge is 2.39. The normalized spacial score (nSPS) is 27.9. The van der Waals surface area contributed by atoms with Gasteiger partial charge < -0.3 is 19.9 Å². The van der Waals surface area contributed by atoms with E-state index in [0.717, 1.165) is 42.8 Å². The first-order valence-corrected chi connectivity index (χ1v) is 11.2. The van der Waals surface area contributed by atoms with Gasteiger partial charge in [0.15, 0.2) is 5.82 Å². The second-order valence-corrected chi connectivity index (χ2v) is 9.23. The zero-order valence-electron chi connectivity index (χ0n) is 17.0. The molecule has 2 heterocycles. The van der Waals surface area contributed by atoms with E-state index >= 15 is 0 Å². The van der Waals surface area contributed by atoms with Crippen molar-refractivity contribution in [1.29, 1.82) is 0 Å². The van der Waals surface area contributed by atoms with Gasteiger partial charge in [0, 0.05) is 17.2 Å². The van der Waals surface area contributed by atoms with Crippen LogP contribution in [-0.4, -0.2) is 32.6 Å². The van der Waals surface area contributed by atoms with Crippen LogP contribution in [0.25, 0.3) is 22.2 Å². The van der Waals surface area contributed by atoms with E-state index in [1.165, 1.54) is 36.8 Å². The van der Waals surface area contributed by atoms with E-state index < -0.39 is 0 Å². The van der Waals surface area contributed by atoms with E-state index in [1.54, 1.807) is 12.3 Å². The molecule has 2 atom stereocenters. The molecule has 1 aromatic carbocycles. The van der Waals surface area contributed by atoms with E-state index in [1.807, 2.05) is 12.1 Å². The average Bonchev–Trinajstić information content (AvgIpc) is 3.25. The number of nitrogens with zero attached hydrogens (tertiary/aromatic N) is 2. The Morgan fingerprint density at radius 2 is 1.73 bits per heavy atom. The summed E-state index contributed by atoms with van der Waals surface area (Å²) in [5.74, 6) is 2.07. The van der Waals surface area contributed by atoms with Crippen molar-refractivity contribution in [3.8, 4) is 17.0 Å². The molecule has 3 N–H and O–H groups in total. The maximum atomic E-state index is 11.0. The molecular weight excluding hydrogens is 378 g/mol. The molecule has 0 spiro atoms. The number of nitrogens with one attached hydrogen (secondary N) is 1. The van der Waals surface area contributed by atoms with Gasteiger partial charge in [-0.1, -0.05) is 0 Å². The third kappa shape index (κ3) is 2.81. The van der Waals surface area contributed by atoms with Gasteiger partial charge in [-0.15, -0.1) is 10.2 Å². The van der Waals surface area contributed by atoms with Gasteiger partial charge >= 0.3 is 0 Å². The number of fused-ring (bicyclic) bond motifs is 3. The summed E-state index contributed by atoms with van der Waals surface area (Å²) in [6, 6.07) is 5.84. The molecule has 156 valence electrons. The Bertz CT molecular complexity index is 1100. The molecule has 0 radical (unpaired) electrons. The lowest BCUT2D eigenvalue weighted by Gasteiger charge is -2.40. The molecule has 0 amide bonds. The standard InChI is InChI=1S/C24H27N3O3/c28-16-3-1-2-15(12-16)25-24-21-14-6-4-13(5-7-14)20(21)22(26-27-24)18-8-9-19-17(23(18)29)10-11-30-19/h8-11,13-16,28-29H,1-7,12H2,(H,25,27)/t13?,14?,15-,16+/m1/s1. The lowest BCUT2D eigenvalue weighted by molar-refractivity contribution is 0.124. The van der Waals surface area contributed by atoms with Crippen LogP contribution in [0.5, 0.6) is 5.75 Å². The van der Waals surface area contributed by atoms with E-state index in [2.05, 4.69) is 15.5 Å². The number of aliphatic hydroxyl groups excluding tert-OH is 1. The Kier molecular flexibility index (Phi) is 4.23. The fraction of sp³-hybridized carbons (Fsp3) is 0.500. The minimum Gasteiger partial charge on any atom is -0.506 e. The number of aliphatic hydroxyl groups is 1. The summed E-state index contributed by atoms with van der Waals surface area (Å²) >= 11 is 0. The van der Waals surface area contributed by atoms with Crippen LogP contribution in [0.1, 0.15) is 74.3 Å². The molecule has 6 nitrogen and oxygen atoms in total. The molecule has 30 heavy (non-hydrogen) atoms. The van der Waals surface area contributed by atoms with Crippen molar-refractivity contribution in [2.75, 3.05) is 5.32 Å². The Balaban J connectivity index is 1.47. The topological polar surface area (TPSA) is 91.4 Å². The maximum Gasteiger partial charge on any atom is 0.152 e. The highest BCUT2D eigenvalue weighted by molar-refractivity contribution is 5.92. The second-order valence-electron chi connectivity index (χ2n) is 9.23. The summed E-state index contributed by atoms with van der Waals surface area (Å²) in [6.45, 7) is 0. The second kappa shape index (κ2) is 6.98. The van der Waals surface area contributed by atoms with E-state index in [4.69, 9.17) is 4.42 Å². The Hall–Kier alpha value is -2.60. The summed E-state index contributed by atoms with van der Waals surface area (Å²) in [5.41, 5.74) is 4.79. The SMILES string of the molecule is Oc1c(-c2nnc(N[C@@H]3CCC[C@H](O)C3)c3c2C2CCC3CC2)ccc2occc12. The third-order valence-corrected chi connectivity index (χ3v) is 7.44. The third-order valence-electron chi connectivity index (χ3n) is 7.44. The molecule has 2 bridgehead atoms. The van der Waals surface area contributed by atoms with E-state index in [9.17, 15) is 10.2 Å². The Morgan fingerprint density at radius 3 is 2.53 bits per heavy atom. The number of benzene rings is 1. The molecular formula is C24H27N3O3. The van der Waals surface area contributed by atoms with Crippen molar-refractivity contribution >= 4 is 16.8 Å². The lowest BCUT2D eigenvalue weighted by atomic mass is 9.66. The van der Waals surface area contributed by atoms with Gasteiger partial charge in [-0.05, 0) is 87.0 Å². The minimum absolute atomic E-state index is 0.218. The summed E-state index contributed by atoms with van der Waals surface area (Å²) < 4.78 is 5.44. The first-order chi connectivity index (χ1) is 14.7. The van der Waals surface area contributed by atoms with Crippen molar-refractivity contribution in [2.45, 2.75) is 75.3 Å². The summed E-state index contributed by atoms with van der Waals surface area (Å²) in [5, 5.41) is 34.7. The molecule has 7 rings (SSSR count). The molecule has 0 aliphatic heterocycles. The van der Waals surface area contributed by atoms with Crippen LogP contribution >= 0.6 is 0 Å². The van der Waals surface area contributed by atoms with Gasteiger partial charge in [0.25, 0.3) is 0 Å². The number of aromatic hydroxyl groups is 1. The molecule has 6 heteroatoms. The number of rotatable bonds is 3. The molecule has 2 fully saturated rings. The average molecular weight is 405 g/mol. The van der Waals surface area contributed by atoms with Gasteiger partial charge in [0.05, 0.1) is 17.8 Å². The van der Waals surface area contributed by atoms with Crippen LogP contribution in [0.15, 0.2) is 28.9 Å². The number of hydrogen-bond donors (Lipinski definition) is 3. The molecule has 2 aromatic heterocycles. The van der Waals surface area contributed by atoms with Gasteiger partial charge in [-0.3, -0.25) is 0 Å². The highest BCUT2D eigenvalue weighted by Crippen LogP contribution is 2.54. The Labute approximate surface area is 175 Å². The van der Waals surface area contributed by atoms with Crippen LogP contribution in [0.2, 0.25) is 0 Å². The monoisotopic (exact) mass is 405 g/mol. The smallest absolute Gasteiger partial charge is 0.152 e. The predicted molar refractivity (Wildman–Crippen MR) is 115 cm³/mol. The number of hydrogen-bond acceptors (Lipinski definition) is 6. The van der Waals surface area contributed by atoms with Crippen LogP contribution in [0, 0.1) is 0 Å². The number of furan rings is 1. The van der Waals surface area contributed by atoms with E-state index in [-0.39, 0.29) is 17.9 Å². The van der Waals surface area contributed by atoms with Crippen molar-refractivity contribution in [3.63, 3.8) is 0 Å². The van der Waals surface area contributed by atoms with Gasteiger partial charge in [0.1, 0.15) is 17.0 Å². The zero-order chi connectivity index (χ0) is 20.2. The quantitative estimate of drug-likeness (QED) is 0.564. The highest BCUT2D eigenvalue weighted by atomic mass is 16.3. The largest absolute Gasteiger partial charge is 0.506 e. The fourth-order valence-corrected chi connectivity index (χ4v) is 5.97. The molecule has 0 unspecified atom stereocenters. The molecule has 4 aliphatic carbocycles. The first kappa shape index (κ1) is 18.2. The van der Waals surface area contributed by atoms with Gasteiger partial charge in [-0.2, -0.15) is 0 Å². The number of phenolic OH excluding ortho intramolecular Hbond substituents is 1. The van der Waals surface area contributed by atoms with Crippen LogP contribution in [0.4, 0.5) is 5.82 Å². The first-order valence-electron chi connectivity index (χ1n) is 11.2. The van der Waals surface area contributed by atoms with Crippen LogP contribution < -0.4 is 5.32 Å². The summed E-state index contributed by atoms with van der Waals surface area (Å²) in [6.07, 6.45) is 9.86. The number of aromatic nitrogens is 2. The minimum atomic E-state index is -0.227. The maximum absolute atomic E-state index is 11.0. The van der Waals surface area contributed by atoms with Gasteiger partial charge in [0.2, 0.25) is 0 Å². The molecule has 2 saturated carbocycles. The molecule has 0 saturated heterocycles. The molecule has 4 aliphatic rings. The zero-order valence-corrected chi connectivity index (χ0v) is 17.0. The summed E-state index contributed by atoms with van der Waals surface area (Å²) in [7, 11) is 0. The van der Waals surface area contributed by atoms with Crippen molar-refractivity contribution < 1.29 is 14.6 Å². The predicted octanol–water partition coefficient (Wildman–Crippen LogP) is 5.07. The van der Waals surface area contributed by atoms with Crippen LogP contribution in [0.3, 0.4) is 0 Å². The lowest BCUT2D eigenvalue weighted by Crippen LogP contribution is -2.32. The fourth-order valence-electron chi connectivity index (χ4n) is 5.97. The van der Waals surface area contributed by atoms with E-state index in [0.29, 0.717) is 22.8 Å². The van der Waals surface area contributed by atoms with Crippen LogP contribution in [-0.2, 0) is 0 Å². The number of anilines is 1. The van der Waals surface area contributed by atoms with Gasteiger partial charge in [-0.25, -0.2) is 0 Å². The Morgan fingerprint density at radius 1 is 0.933 bits per heavy atom. The van der Waals surface area contributed by atoms with Crippen molar-refractivity contribution in [1.82, 2.24) is 10.2 Å². The summed E-state index contributed by atoms with van der Waals surface area (Å²) in [4.78, 5) is 0. The van der Waals surface area contributed by atoms with Crippen molar-refractivity contribution in [3.05, 3.63) is 35.6 Å². The number of phenols is 1. The van der Waals surface area contributed by atoms with Crippen molar-refractivity contribution in [2.24, 2.45) is 0 Å².